The number of nitro groups is 1. The van der Waals surface area contributed by atoms with E-state index in [1.54, 1.807) is 0 Å². The van der Waals surface area contributed by atoms with Gasteiger partial charge in [-0.15, -0.1) is 0 Å². The van der Waals surface area contributed by atoms with E-state index in [0.29, 0.717) is 12.5 Å². The molecule has 1 aromatic rings. The summed E-state index contributed by atoms with van der Waals surface area (Å²) in [5.41, 5.74) is 5.37. The third kappa shape index (κ3) is 2.46. The van der Waals surface area contributed by atoms with Crippen molar-refractivity contribution in [3.05, 3.63) is 33.6 Å². The third-order valence-electron chi connectivity index (χ3n) is 2.29. The first kappa shape index (κ1) is 12.4. The average molecular weight is 228 g/mol. The minimum atomic E-state index is -1.02. The topological polar surface area (TPSA) is 89.4 Å². The van der Waals surface area contributed by atoms with Crippen LogP contribution in [0.3, 0.4) is 0 Å². The summed E-state index contributed by atoms with van der Waals surface area (Å²) in [6.45, 7) is 1.88. The summed E-state index contributed by atoms with van der Waals surface area (Å²) in [6, 6.07) is 1.19. The quantitative estimate of drug-likeness (QED) is 0.610. The van der Waals surface area contributed by atoms with Crippen LogP contribution in [0.25, 0.3) is 0 Å². The van der Waals surface area contributed by atoms with E-state index in [-0.39, 0.29) is 5.56 Å². The van der Waals surface area contributed by atoms with Gasteiger partial charge in [-0.1, -0.05) is 13.3 Å². The van der Waals surface area contributed by atoms with Crippen LogP contribution in [0.4, 0.5) is 10.1 Å². The van der Waals surface area contributed by atoms with Gasteiger partial charge < -0.3 is 10.8 Å². The first-order valence-electron chi connectivity index (χ1n) is 4.89. The van der Waals surface area contributed by atoms with Crippen LogP contribution in [0.5, 0.6) is 5.75 Å². The molecule has 1 aromatic carbocycles. The molecule has 0 aliphatic heterocycles. The Morgan fingerprint density at radius 3 is 2.75 bits per heavy atom. The van der Waals surface area contributed by atoms with Crippen molar-refractivity contribution in [2.24, 2.45) is 5.73 Å². The van der Waals surface area contributed by atoms with E-state index in [2.05, 4.69) is 0 Å². The lowest BCUT2D eigenvalue weighted by atomic mass is 10.0. The average Bonchev–Trinajstić information content (AvgIpc) is 2.21. The van der Waals surface area contributed by atoms with Crippen LogP contribution in [-0.4, -0.2) is 10.0 Å². The maximum Gasteiger partial charge on any atom is 0.272 e. The molecule has 1 rings (SSSR count). The highest BCUT2D eigenvalue weighted by molar-refractivity contribution is 5.45. The molecule has 0 radical (unpaired) electrons. The molecule has 0 unspecified atom stereocenters. The van der Waals surface area contributed by atoms with Crippen molar-refractivity contribution in [2.75, 3.05) is 0 Å². The highest BCUT2D eigenvalue weighted by atomic mass is 19.1. The Hall–Kier alpha value is -1.69. The molecular formula is C10H13FN2O3. The minimum Gasteiger partial charge on any atom is -0.505 e. The lowest BCUT2D eigenvalue weighted by Gasteiger charge is -2.12. The molecular weight excluding hydrogens is 215 g/mol. The molecule has 0 aliphatic rings. The van der Waals surface area contributed by atoms with Crippen LogP contribution in [0.2, 0.25) is 0 Å². The van der Waals surface area contributed by atoms with Crippen molar-refractivity contribution in [3.8, 4) is 5.75 Å². The summed E-state index contributed by atoms with van der Waals surface area (Å²) in [7, 11) is 0. The molecule has 5 nitrogen and oxygen atoms in total. The van der Waals surface area contributed by atoms with Gasteiger partial charge in [0.25, 0.3) is 5.69 Å². The van der Waals surface area contributed by atoms with E-state index in [1.165, 1.54) is 0 Å². The van der Waals surface area contributed by atoms with Gasteiger partial charge in [-0.2, -0.15) is 0 Å². The molecule has 0 heterocycles. The summed E-state index contributed by atoms with van der Waals surface area (Å²) in [5, 5.41) is 19.9. The van der Waals surface area contributed by atoms with Gasteiger partial charge in [0.2, 0.25) is 0 Å². The third-order valence-corrected chi connectivity index (χ3v) is 2.29. The van der Waals surface area contributed by atoms with E-state index < -0.39 is 28.2 Å². The van der Waals surface area contributed by atoms with Gasteiger partial charge in [0, 0.05) is 17.7 Å². The lowest BCUT2D eigenvalue weighted by Crippen LogP contribution is -2.11. The fourth-order valence-electron chi connectivity index (χ4n) is 1.46. The van der Waals surface area contributed by atoms with Crippen LogP contribution in [0.15, 0.2) is 12.1 Å². The Labute approximate surface area is 91.8 Å². The number of non-ortho nitro benzene ring substituents is 1. The van der Waals surface area contributed by atoms with E-state index in [1.807, 2.05) is 6.92 Å². The Morgan fingerprint density at radius 2 is 2.25 bits per heavy atom. The molecule has 0 spiro atoms. The van der Waals surface area contributed by atoms with Crippen LogP contribution in [-0.2, 0) is 0 Å². The number of nitrogens with two attached hydrogens (primary N) is 1. The van der Waals surface area contributed by atoms with Gasteiger partial charge in [-0.05, 0) is 6.42 Å². The number of hydrogen-bond acceptors (Lipinski definition) is 4. The second-order valence-corrected chi connectivity index (χ2v) is 3.52. The first-order valence-corrected chi connectivity index (χ1v) is 4.89. The van der Waals surface area contributed by atoms with Gasteiger partial charge in [-0.25, -0.2) is 4.39 Å². The molecule has 0 saturated heterocycles. The molecule has 6 heteroatoms. The van der Waals surface area contributed by atoms with Gasteiger partial charge in [-0.3, -0.25) is 10.1 Å². The zero-order valence-corrected chi connectivity index (χ0v) is 8.81. The number of phenolic OH excluding ortho intramolecular Hbond substituents is 1. The fraction of sp³-hybridized carbons (Fsp3) is 0.400. The van der Waals surface area contributed by atoms with Gasteiger partial charge in [0.15, 0.2) is 11.6 Å². The van der Waals surface area contributed by atoms with E-state index in [9.17, 15) is 19.6 Å². The first-order chi connectivity index (χ1) is 7.47. The van der Waals surface area contributed by atoms with Crippen molar-refractivity contribution in [1.82, 2.24) is 0 Å². The van der Waals surface area contributed by atoms with Crippen molar-refractivity contribution >= 4 is 5.69 Å². The molecule has 88 valence electrons. The number of nitro benzene ring substituents is 1. The maximum atomic E-state index is 13.2. The van der Waals surface area contributed by atoms with Crippen molar-refractivity contribution < 1.29 is 14.4 Å². The SMILES string of the molecule is CCC[C@@H](N)c1cc([N+](=O)[O-])cc(F)c1O. The number of rotatable bonds is 4. The lowest BCUT2D eigenvalue weighted by molar-refractivity contribution is -0.385. The summed E-state index contributed by atoms with van der Waals surface area (Å²) < 4.78 is 13.2. The van der Waals surface area contributed by atoms with E-state index in [0.717, 1.165) is 12.5 Å². The Morgan fingerprint density at radius 1 is 1.62 bits per heavy atom. The molecule has 0 fully saturated rings. The van der Waals surface area contributed by atoms with Gasteiger partial charge >= 0.3 is 0 Å². The predicted molar refractivity (Wildman–Crippen MR) is 56.6 cm³/mol. The fourth-order valence-corrected chi connectivity index (χ4v) is 1.46. The Kier molecular flexibility index (Phi) is 3.78. The summed E-state index contributed by atoms with van der Waals surface area (Å²) in [5.74, 6) is -1.62. The van der Waals surface area contributed by atoms with Crippen molar-refractivity contribution in [2.45, 2.75) is 25.8 Å². The Bertz CT molecular complexity index is 409. The summed E-state index contributed by atoms with van der Waals surface area (Å²) in [6.07, 6.45) is 1.26. The zero-order valence-electron chi connectivity index (χ0n) is 8.81. The van der Waals surface area contributed by atoms with Crippen LogP contribution in [0.1, 0.15) is 31.4 Å². The molecule has 0 aliphatic carbocycles. The normalized spacial score (nSPS) is 12.4. The number of aromatic hydroxyl groups is 1. The van der Waals surface area contributed by atoms with E-state index >= 15 is 0 Å². The van der Waals surface area contributed by atoms with Crippen LogP contribution < -0.4 is 5.73 Å². The van der Waals surface area contributed by atoms with Gasteiger partial charge in [0.1, 0.15) is 0 Å². The maximum absolute atomic E-state index is 13.2. The van der Waals surface area contributed by atoms with E-state index in [4.69, 9.17) is 5.73 Å². The molecule has 0 aromatic heterocycles. The highest BCUT2D eigenvalue weighted by Gasteiger charge is 2.19. The monoisotopic (exact) mass is 228 g/mol. The minimum absolute atomic E-state index is 0.0774. The predicted octanol–water partition coefficient (Wildman–Crippen LogP) is 2.24. The molecule has 1 atom stereocenters. The molecule has 0 bridgehead atoms. The van der Waals surface area contributed by atoms with Crippen molar-refractivity contribution in [1.29, 1.82) is 0 Å². The number of benzene rings is 1. The van der Waals surface area contributed by atoms with Crippen LogP contribution >= 0.6 is 0 Å². The smallest absolute Gasteiger partial charge is 0.272 e. The van der Waals surface area contributed by atoms with Crippen molar-refractivity contribution in [3.63, 3.8) is 0 Å². The highest BCUT2D eigenvalue weighted by Crippen LogP contribution is 2.32. The second kappa shape index (κ2) is 4.89. The number of nitrogens with zero attached hydrogens (tertiary/aromatic N) is 1. The molecule has 0 amide bonds. The standard InChI is InChI=1S/C10H13FN2O3/c1-2-3-9(12)7-4-6(13(15)16)5-8(11)10(7)14/h4-5,9,14H,2-3,12H2,1H3/t9-/m1/s1. The summed E-state index contributed by atoms with van der Waals surface area (Å²) >= 11 is 0. The molecule has 0 saturated carbocycles. The summed E-state index contributed by atoms with van der Waals surface area (Å²) in [4.78, 5) is 9.80. The second-order valence-electron chi connectivity index (χ2n) is 3.52. The van der Waals surface area contributed by atoms with Gasteiger partial charge in [0.05, 0.1) is 11.0 Å². The van der Waals surface area contributed by atoms with Crippen LogP contribution in [0, 0.1) is 15.9 Å². The molecule has 16 heavy (non-hydrogen) atoms. The number of phenols is 1. The zero-order chi connectivity index (χ0) is 12.3. The number of hydrogen-bond donors (Lipinski definition) is 2. The molecule has 3 N–H and O–H groups in total. The number of halogens is 1. The largest absolute Gasteiger partial charge is 0.505 e. The Balaban J connectivity index is 3.21.